The Morgan fingerprint density at radius 1 is 1.35 bits per heavy atom. The van der Waals surface area contributed by atoms with Crippen LogP contribution in [0.3, 0.4) is 0 Å². The SMILES string of the molecule is CC(C)N(C)CCNC(c1ccco1)c1ccc(Cl)s1. The summed E-state index contributed by atoms with van der Waals surface area (Å²) in [6, 6.07) is 8.52. The van der Waals surface area contributed by atoms with E-state index in [1.807, 2.05) is 18.2 Å². The number of hydrogen-bond acceptors (Lipinski definition) is 4. The molecule has 5 heteroatoms. The molecule has 1 atom stereocenters. The van der Waals surface area contributed by atoms with E-state index in [2.05, 4.69) is 37.2 Å². The Morgan fingerprint density at radius 2 is 2.15 bits per heavy atom. The quantitative estimate of drug-likeness (QED) is 0.837. The highest BCUT2D eigenvalue weighted by Crippen LogP contribution is 2.31. The smallest absolute Gasteiger partial charge is 0.126 e. The maximum absolute atomic E-state index is 6.04. The van der Waals surface area contributed by atoms with E-state index in [-0.39, 0.29) is 6.04 Å². The number of hydrogen-bond donors (Lipinski definition) is 1. The highest BCUT2D eigenvalue weighted by molar-refractivity contribution is 7.16. The molecule has 0 fully saturated rings. The van der Waals surface area contributed by atoms with E-state index in [0.717, 1.165) is 23.2 Å². The summed E-state index contributed by atoms with van der Waals surface area (Å²) in [7, 11) is 2.14. The van der Waals surface area contributed by atoms with Gasteiger partial charge in [-0.25, -0.2) is 0 Å². The Labute approximate surface area is 129 Å². The van der Waals surface area contributed by atoms with Crippen LogP contribution in [0.1, 0.15) is 30.5 Å². The largest absolute Gasteiger partial charge is 0.467 e. The molecule has 0 aromatic carbocycles. The molecule has 0 saturated carbocycles. The van der Waals surface area contributed by atoms with Crippen molar-refractivity contribution in [2.75, 3.05) is 20.1 Å². The highest BCUT2D eigenvalue weighted by atomic mass is 35.5. The first-order chi connectivity index (χ1) is 9.58. The lowest BCUT2D eigenvalue weighted by atomic mass is 10.2. The number of furan rings is 1. The van der Waals surface area contributed by atoms with Crippen LogP contribution in [0.4, 0.5) is 0 Å². The molecule has 110 valence electrons. The van der Waals surface area contributed by atoms with Crippen molar-refractivity contribution in [2.45, 2.75) is 25.9 Å². The first kappa shape index (κ1) is 15.6. The van der Waals surface area contributed by atoms with Crippen molar-refractivity contribution in [3.63, 3.8) is 0 Å². The van der Waals surface area contributed by atoms with E-state index < -0.39 is 0 Å². The van der Waals surface area contributed by atoms with E-state index in [4.69, 9.17) is 16.0 Å². The van der Waals surface area contributed by atoms with Crippen LogP contribution in [0.15, 0.2) is 34.9 Å². The summed E-state index contributed by atoms with van der Waals surface area (Å²) in [6.45, 7) is 6.29. The van der Waals surface area contributed by atoms with Crippen molar-refractivity contribution < 1.29 is 4.42 Å². The second kappa shape index (κ2) is 7.27. The molecule has 20 heavy (non-hydrogen) atoms. The van der Waals surface area contributed by atoms with Gasteiger partial charge in [0, 0.05) is 24.0 Å². The Bertz CT molecular complexity index is 510. The fourth-order valence-corrected chi connectivity index (χ4v) is 3.07. The summed E-state index contributed by atoms with van der Waals surface area (Å²) in [6.07, 6.45) is 1.71. The van der Waals surface area contributed by atoms with E-state index in [1.165, 1.54) is 4.88 Å². The zero-order chi connectivity index (χ0) is 14.5. The van der Waals surface area contributed by atoms with Gasteiger partial charge >= 0.3 is 0 Å². The van der Waals surface area contributed by atoms with Gasteiger partial charge in [-0.2, -0.15) is 0 Å². The topological polar surface area (TPSA) is 28.4 Å². The van der Waals surface area contributed by atoms with Crippen molar-refractivity contribution in [2.24, 2.45) is 0 Å². The number of nitrogens with zero attached hydrogens (tertiary/aromatic N) is 1. The molecule has 0 aliphatic heterocycles. The summed E-state index contributed by atoms with van der Waals surface area (Å²) in [5, 5.41) is 3.55. The van der Waals surface area contributed by atoms with Crippen LogP contribution in [0.2, 0.25) is 4.34 Å². The average Bonchev–Trinajstić information content (AvgIpc) is 3.05. The molecular weight excluding hydrogens is 292 g/mol. The van der Waals surface area contributed by atoms with Gasteiger partial charge in [-0.1, -0.05) is 11.6 Å². The molecule has 0 amide bonds. The third kappa shape index (κ3) is 4.09. The third-order valence-electron chi connectivity index (χ3n) is 3.40. The molecule has 2 heterocycles. The molecule has 2 aromatic heterocycles. The minimum Gasteiger partial charge on any atom is -0.467 e. The molecule has 3 nitrogen and oxygen atoms in total. The first-order valence-corrected chi connectivity index (χ1v) is 7.99. The van der Waals surface area contributed by atoms with Crippen molar-refractivity contribution in [1.29, 1.82) is 0 Å². The average molecular weight is 313 g/mol. The maximum atomic E-state index is 6.04. The summed E-state index contributed by atoms with van der Waals surface area (Å²) < 4.78 is 6.36. The predicted molar refractivity (Wildman–Crippen MR) is 85.6 cm³/mol. The van der Waals surface area contributed by atoms with Crippen LogP contribution >= 0.6 is 22.9 Å². The fraction of sp³-hybridized carbons (Fsp3) is 0.467. The lowest BCUT2D eigenvalue weighted by molar-refractivity contribution is 0.269. The van der Waals surface area contributed by atoms with Gasteiger partial charge in [-0.05, 0) is 45.2 Å². The summed E-state index contributed by atoms with van der Waals surface area (Å²) in [5.74, 6) is 0.927. The van der Waals surface area contributed by atoms with Crippen LogP contribution < -0.4 is 5.32 Å². The molecule has 0 aliphatic rings. The molecule has 2 aromatic rings. The van der Waals surface area contributed by atoms with Gasteiger partial charge < -0.3 is 14.6 Å². The van der Waals surface area contributed by atoms with Crippen LogP contribution in [0.25, 0.3) is 0 Å². The number of likely N-dealkylation sites (N-methyl/N-ethyl adjacent to an activating group) is 1. The molecule has 1 N–H and O–H groups in total. The van der Waals surface area contributed by atoms with Gasteiger partial charge in [-0.15, -0.1) is 11.3 Å². The van der Waals surface area contributed by atoms with Crippen LogP contribution in [-0.4, -0.2) is 31.1 Å². The standard InChI is InChI=1S/C15H21ClN2OS/c1-11(2)18(3)9-8-17-15(12-5-4-10-19-12)13-6-7-14(16)20-13/h4-7,10-11,15,17H,8-9H2,1-3H3. The molecule has 0 aliphatic carbocycles. The Balaban J connectivity index is 2.01. The maximum Gasteiger partial charge on any atom is 0.126 e. The molecule has 2 rings (SSSR count). The highest BCUT2D eigenvalue weighted by Gasteiger charge is 2.18. The Morgan fingerprint density at radius 3 is 2.70 bits per heavy atom. The Kier molecular flexibility index (Phi) is 5.66. The van der Waals surface area contributed by atoms with Crippen LogP contribution in [-0.2, 0) is 0 Å². The summed E-state index contributed by atoms with van der Waals surface area (Å²) in [4.78, 5) is 3.49. The van der Waals surface area contributed by atoms with Crippen molar-refractivity contribution >= 4 is 22.9 Å². The van der Waals surface area contributed by atoms with Gasteiger partial charge in [0.1, 0.15) is 11.8 Å². The molecule has 0 saturated heterocycles. The van der Waals surface area contributed by atoms with Crippen LogP contribution in [0.5, 0.6) is 0 Å². The minimum atomic E-state index is 0.0723. The van der Waals surface area contributed by atoms with Gasteiger partial charge in [-0.3, -0.25) is 0 Å². The second-order valence-electron chi connectivity index (χ2n) is 5.12. The van der Waals surface area contributed by atoms with E-state index in [0.29, 0.717) is 6.04 Å². The van der Waals surface area contributed by atoms with Gasteiger partial charge in [0.2, 0.25) is 0 Å². The van der Waals surface area contributed by atoms with Crippen molar-refractivity contribution in [3.8, 4) is 0 Å². The zero-order valence-electron chi connectivity index (χ0n) is 12.1. The molecule has 1 unspecified atom stereocenters. The number of rotatable bonds is 7. The van der Waals surface area contributed by atoms with Crippen LogP contribution in [0, 0.1) is 0 Å². The minimum absolute atomic E-state index is 0.0723. The number of nitrogens with one attached hydrogen (secondary N) is 1. The van der Waals surface area contributed by atoms with E-state index >= 15 is 0 Å². The fourth-order valence-electron chi connectivity index (χ4n) is 1.92. The zero-order valence-corrected chi connectivity index (χ0v) is 13.7. The second-order valence-corrected chi connectivity index (χ2v) is 6.87. The summed E-state index contributed by atoms with van der Waals surface area (Å²) >= 11 is 7.63. The van der Waals surface area contributed by atoms with Gasteiger partial charge in [0.05, 0.1) is 10.6 Å². The van der Waals surface area contributed by atoms with Crippen molar-refractivity contribution in [1.82, 2.24) is 10.2 Å². The molecular formula is C15H21ClN2OS. The lowest BCUT2D eigenvalue weighted by Crippen LogP contribution is -2.35. The monoisotopic (exact) mass is 312 g/mol. The predicted octanol–water partition coefficient (Wildman–Crippen LogP) is 4.01. The van der Waals surface area contributed by atoms with Gasteiger partial charge in [0.15, 0.2) is 0 Å². The van der Waals surface area contributed by atoms with Gasteiger partial charge in [0.25, 0.3) is 0 Å². The number of halogens is 1. The normalized spacial score (nSPS) is 13.3. The molecule has 0 radical (unpaired) electrons. The number of thiophene rings is 1. The molecule has 0 spiro atoms. The lowest BCUT2D eigenvalue weighted by Gasteiger charge is -2.23. The third-order valence-corrected chi connectivity index (χ3v) is 4.70. The summed E-state index contributed by atoms with van der Waals surface area (Å²) in [5.41, 5.74) is 0. The first-order valence-electron chi connectivity index (χ1n) is 6.80. The van der Waals surface area contributed by atoms with E-state index in [1.54, 1.807) is 17.6 Å². The molecule has 0 bridgehead atoms. The van der Waals surface area contributed by atoms with Crippen molar-refractivity contribution in [3.05, 3.63) is 45.5 Å². The Hall–Kier alpha value is -0.810. The van der Waals surface area contributed by atoms with E-state index in [9.17, 15) is 0 Å².